The van der Waals surface area contributed by atoms with Crippen LogP contribution in [0.1, 0.15) is 135 Å². The summed E-state index contributed by atoms with van der Waals surface area (Å²) in [5, 5.41) is 0. The molecule has 62 heavy (non-hydrogen) atoms. The van der Waals surface area contributed by atoms with Crippen LogP contribution in [0.25, 0.3) is 0 Å². The van der Waals surface area contributed by atoms with Gasteiger partial charge in [0.05, 0.1) is 0 Å². The van der Waals surface area contributed by atoms with Crippen LogP contribution in [0.3, 0.4) is 0 Å². The fourth-order valence-electron chi connectivity index (χ4n) is 19.3. The van der Waals surface area contributed by atoms with Crippen molar-refractivity contribution >= 4 is 0 Å². The SMILES string of the molecule is C.C.C.CCC1C[NH+]2CC[NH+]3CC[NH+]4CC[NH+]1C342.CCCC(C)(CC(C)CC(C)(C)CC)CC1C[NH+]2CC[NH+]3CC[NH+]4CC[NH+]1C342.CCCC1C[NH+]2CC[NH+]3CC[NH+]4CC[NH+]1C342. The molecule has 360 valence electrons. The van der Waals surface area contributed by atoms with E-state index in [9.17, 15) is 0 Å². The van der Waals surface area contributed by atoms with Crippen LogP contribution in [-0.4, -0.2) is 173 Å². The van der Waals surface area contributed by atoms with E-state index in [-0.39, 0.29) is 22.3 Å². The summed E-state index contributed by atoms with van der Waals surface area (Å²) in [5.74, 6) is 2.54. The van der Waals surface area contributed by atoms with Gasteiger partial charge in [-0.1, -0.05) is 96.9 Å². The van der Waals surface area contributed by atoms with Crippen LogP contribution in [0.15, 0.2) is 0 Å². The molecule has 12 rings (SSSR count). The van der Waals surface area contributed by atoms with Gasteiger partial charge in [0.2, 0.25) is 0 Å². The van der Waals surface area contributed by atoms with Crippen molar-refractivity contribution in [2.45, 2.75) is 171 Å². The van der Waals surface area contributed by atoms with E-state index in [2.05, 4.69) is 55.4 Å². The summed E-state index contributed by atoms with van der Waals surface area (Å²) in [6, 6.07) is 2.85. The van der Waals surface area contributed by atoms with E-state index in [1.165, 1.54) is 195 Å². The van der Waals surface area contributed by atoms with Gasteiger partial charge in [-0.15, -0.1) is 0 Å². The van der Waals surface area contributed by atoms with E-state index in [0.717, 1.165) is 24.0 Å². The van der Waals surface area contributed by atoms with Crippen LogP contribution in [0.4, 0.5) is 0 Å². The smallest absolute Gasteiger partial charge is 0.168 e. The van der Waals surface area contributed by atoms with Crippen LogP contribution in [0.5, 0.6) is 0 Å². The van der Waals surface area contributed by atoms with Gasteiger partial charge in [-0.05, 0) is 36.0 Å². The lowest BCUT2D eigenvalue weighted by Crippen LogP contribution is -3.59. The van der Waals surface area contributed by atoms with Crippen LogP contribution < -0.4 is 58.8 Å². The molecule has 12 aliphatic rings. The van der Waals surface area contributed by atoms with Gasteiger partial charge in [-0.25, -0.2) is 0 Å². The Balaban J connectivity index is 0.000000145. The quantitative estimate of drug-likeness (QED) is 0.0925. The molecule has 0 aromatic rings. The highest BCUT2D eigenvalue weighted by Crippen LogP contribution is 2.40. The molecule has 20 atom stereocenters. The van der Waals surface area contributed by atoms with Gasteiger partial charge in [0.1, 0.15) is 137 Å². The fourth-order valence-corrected chi connectivity index (χ4v) is 19.3. The maximum Gasteiger partial charge on any atom is 0.475 e. The molecule has 0 aromatic carbocycles. The molecule has 20 unspecified atom stereocenters. The molecule has 0 radical (unpaired) electrons. The Kier molecular flexibility index (Phi) is 14.8. The second kappa shape index (κ2) is 18.5. The maximum absolute atomic E-state index is 2.65. The zero-order chi connectivity index (χ0) is 41.0. The number of hydrogen-bond donors (Lipinski definition) is 12. The summed E-state index contributed by atoms with van der Waals surface area (Å²) < 4.78 is 0. The van der Waals surface area contributed by atoms with Crippen molar-refractivity contribution < 1.29 is 58.8 Å². The van der Waals surface area contributed by atoms with E-state index >= 15 is 0 Å². The minimum atomic E-state index is 0. The topological polar surface area (TPSA) is 53.3 Å². The summed E-state index contributed by atoms with van der Waals surface area (Å²) in [5.41, 5.74) is 1.04. The average Bonchev–Trinajstić information content (AvgIpc) is 4.02. The van der Waals surface area contributed by atoms with Crippen LogP contribution in [-0.2, 0) is 0 Å². The number of rotatable bonds is 12. The Morgan fingerprint density at radius 2 is 0.806 bits per heavy atom. The minimum Gasteiger partial charge on any atom is -0.168 e. The van der Waals surface area contributed by atoms with E-state index in [1.807, 2.05) is 58.8 Å². The normalized spacial score (nSPS) is 48.9. The summed E-state index contributed by atoms with van der Waals surface area (Å²) >= 11 is 0. The standard InChI is InChI=1S/C24H46N4.C12H22N4.C11H20N4.3CH4/c1-7-9-23(6,17-20(3)16-22(4,5)8-2)18-21-19-27-13-12-25-10-11-26-14-15-28(21)24(25,26)27;1-2-3-11-10-15-7-6-13-4-5-14-8-9-16(11)12(13,14)15;1-2-10-9-14-6-5-12-3-4-13-7-8-15(10)11(12,13)14;;;/h20-21H,7-19H2,1-6H3;11H,2-10H2,1H3;10H,2-9H2,1H3;3*1H4/p+12. The van der Waals surface area contributed by atoms with Gasteiger partial charge in [-0.3, -0.25) is 0 Å². The minimum absolute atomic E-state index is 0. The largest absolute Gasteiger partial charge is 0.475 e. The highest BCUT2D eigenvalue weighted by atomic mass is 15.8. The monoisotopic (exact) mass is 881 g/mol. The second-order valence-corrected chi connectivity index (χ2v) is 24.5. The van der Waals surface area contributed by atoms with Gasteiger partial charge >= 0.3 is 17.7 Å². The van der Waals surface area contributed by atoms with Crippen molar-refractivity contribution in [3.05, 3.63) is 0 Å². The zero-order valence-corrected chi connectivity index (χ0v) is 40.0. The molecular formula is C50H112N12+12. The first-order valence-electron chi connectivity index (χ1n) is 26.7. The molecule has 0 bridgehead atoms. The van der Waals surface area contributed by atoms with Crippen molar-refractivity contribution in [3.63, 3.8) is 0 Å². The van der Waals surface area contributed by atoms with Gasteiger partial charge in [0.25, 0.3) is 0 Å². The molecule has 0 aromatic heterocycles. The predicted octanol–water partition coefficient (Wildman–Crippen LogP) is -11.2. The van der Waals surface area contributed by atoms with Crippen molar-refractivity contribution in [3.8, 4) is 0 Å². The molecule has 3 spiro atoms. The van der Waals surface area contributed by atoms with Crippen molar-refractivity contribution in [1.29, 1.82) is 0 Å². The van der Waals surface area contributed by atoms with Crippen molar-refractivity contribution in [1.82, 2.24) is 0 Å². The molecule has 12 N–H and O–H groups in total. The van der Waals surface area contributed by atoms with E-state index in [4.69, 9.17) is 0 Å². The first-order chi connectivity index (χ1) is 28.5. The highest BCUT2D eigenvalue weighted by Gasteiger charge is 2.84. The first kappa shape index (κ1) is 49.4. The summed E-state index contributed by atoms with van der Waals surface area (Å²) in [7, 11) is 0. The Morgan fingerprint density at radius 1 is 0.452 bits per heavy atom. The van der Waals surface area contributed by atoms with Gasteiger partial charge in [0.15, 0.2) is 18.1 Å². The molecule has 12 heteroatoms. The molecule has 12 heterocycles. The summed E-state index contributed by atoms with van der Waals surface area (Å²) in [6.07, 6.45) is 12.6. The van der Waals surface area contributed by atoms with Crippen molar-refractivity contribution in [2.75, 3.05) is 137 Å². The first-order valence-corrected chi connectivity index (χ1v) is 26.7. The maximum atomic E-state index is 2.65. The lowest BCUT2D eigenvalue weighted by molar-refractivity contribution is -1.37. The molecule has 0 aliphatic carbocycles. The van der Waals surface area contributed by atoms with E-state index in [1.54, 1.807) is 0 Å². The zero-order valence-electron chi connectivity index (χ0n) is 40.0. The Bertz CT molecular complexity index is 1470. The molecule has 12 saturated heterocycles. The lowest BCUT2D eigenvalue weighted by Gasteiger charge is -2.36. The third-order valence-electron chi connectivity index (χ3n) is 21.1. The molecule has 0 saturated carbocycles. The summed E-state index contributed by atoms with van der Waals surface area (Å²) in [4.78, 5) is 23.6. The third kappa shape index (κ3) is 7.26. The number of hydrogen-bond acceptors (Lipinski definition) is 0. The molecule has 12 fully saturated rings. The van der Waals surface area contributed by atoms with Gasteiger partial charge in [-0.2, -0.15) is 58.8 Å². The Labute approximate surface area is 383 Å². The Hall–Kier alpha value is -0.480. The molecule has 12 aliphatic heterocycles. The van der Waals surface area contributed by atoms with E-state index < -0.39 is 0 Å². The second-order valence-electron chi connectivity index (χ2n) is 24.5. The van der Waals surface area contributed by atoms with Crippen LogP contribution >= 0.6 is 0 Å². The fraction of sp³-hybridized carbons (Fsp3) is 1.00. The van der Waals surface area contributed by atoms with E-state index in [0.29, 0.717) is 28.6 Å². The highest BCUT2D eigenvalue weighted by molar-refractivity contribution is 4.84. The molecule has 12 nitrogen and oxygen atoms in total. The Morgan fingerprint density at radius 3 is 1.19 bits per heavy atom. The third-order valence-corrected chi connectivity index (χ3v) is 21.1. The molecule has 0 amide bonds. The lowest BCUT2D eigenvalue weighted by atomic mass is 9.70. The summed E-state index contributed by atoms with van der Waals surface area (Å²) in [6.45, 7) is 50.0. The van der Waals surface area contributed by atoms with Crippen LogP contribution in [0, 0.1) is 16.7 Å². The average molecular weight is 882 g/mol. The number of quaternary nitrogens is 12. The predicted molar refractivity (Wildman–Crippen MR) is 249 cm³/mol. The number of nitrogens with one attached hydrogen (secondary N) is 12. The van der Waals surface area contributed by atoms with Crippen molar-refractivity contribution in [2.24, 2.45) is 16.7 Å². The van der Waals surface area contributed by atoms with Gasteiger partial charge < -0.3 is 0 Å². The molecular weight excluding hydrogens is 769 g/mol. The van der Waals surface area contributed by atoms with Gasteiger partial charge in [0, 0.05) is 19.3 Å². The van der Waals surface area contributed by atoms with Crippen LogP contribution in [0.2, 0.25) is 0 Å².